The summed E-state index contributed by atoms with van der Waals surface area (Å²) in [5.41, 5.74) is 2.68. The molecular formula is C24H27ClO5. The van der Waals surface area contributed by atoms with Crippen molar-refractivity contribution in [3.63, 3.8) is 0 Å². The minimum atomic E-state index is -1.31. The van der Waals surface area contributed by atoms with Crippen molar-refractivity contribution in [2.75, 3.05) is 6.61 Å². The summed E-state index contributed by atoms with van der Waals surface area (Å²) < 4.78 is 11.4. The number of ether oxygens (including phenoxy) is 2. The van der Waals surface area contributed by atoms with Crippen molar-refractivity contribution >= 4 is 11.6 Å². The third-order valence-corrected chi connectivity index (χ3v) is 5.96. The van der Waals surface area contributed by atoms with Crippen molar-refractivity contribution in [2.24, 2.45) is 5.92 Å². The lowest BCUT2D eigenvalue weighted by molar-refractivity contribution is -0.157. The molecule has 0 unspecified atom stereocenters. The molecular weight excluding hydrogens is 404 g/mol. The predicted molar refractivity (Wildman–Crippen MR) is 115 cm³/mol. The van der Waals surface area contributed by atoms with Crippen LogP contribution in [-0.2, 0) is 11.2 Å². The Hall–Kier alpha value is -2.05. The molecule has 0 aromatic heterocycles. The van der Waals surface area contributed by atoms with Crippen LogP contribution in [0.2, 0.25) is 5.02 Å². The van der Waals surface area contributed by atoms with Crippen LogP contribution < -0.4 is 4.74 Å². The largest absolute Gasteiger partial charge is 0.494 e. The highest BCUT2D eigenvalue weighted by atomic mass is 35.5. The Morgan fingerprint density at radius 3 is 2.47 bits per heavy atom. The highest BCUT2D eigenvalue weighted by Gasteiger charge is 2.42. The smallest absolute Gasteiger partial charge is 0.152 e. The average Bonchev–Trinajstić information content (AvgIpc) is 3.56. The molecule has 6 heteroatoms. The molecule has 1 heterocycles. The van der Waals surface area contributed by atoms with Crippen LogP contribution in [0.3, 0.4) is 0 Å². The van der Waals surface area contributed by atoms with Gasteiger partial charge in [0.1, 0.15) is 29.8 Å². The summed E-state index contributed by atoms with van der Waals surface area (Å²) in [5, 5.41) is 31.8. The van der Waals surface area contributed by atoms with Crippen LogP contribution in [0.1, 0.15) is 42.6 Å². The van der Waals surface area contributed by atoms with Gasteiger partial charge in [0.15, 0.2) is 6.10 Å². The maximum Gasteiger partial charge on any atom is 0.152 e. The molecule has 2 aromatic carbocycles. The number of aliphatic hydroxyl groups is 3. The van der Waals surface area contributed by atoms with Gasteiger partial charge in [-0.05, 0) is 73.1 Å². The lowest BCUT2D eigenvalue weighted by atomic mass is 9.91. The Labute approximate surface area is 181 Å². The van der Waals surface area contributed by atoms with Crippen molar-refractivity contribution < 1.29 is 24.8 Å². The molecule has 4 rings (SSSR count). The first-order valence-electron chi connectivity index (χ1n) is 10.4. The molecule has 1 aliphatic heterocycles. The van der Waals surface area contributed by atoms with E-state index in [1.807, 2.05) is 43.3 Å². The summed E-state index contributed by atoms with van der Waals surface area (Å²) in [6, 6.07) is 13.3. The molecule has 2 aromatic rings. The fourth-order valence-electron chi connectivity index (χ4n) is 3.72. The van der Waals surface area contributed by atoms with E-state index in [0.717, 1.165) is 29.7 Å². The van der Waals surface area contributed by atoms with E-state index in [0.29, 0.717) is 35.3 Å². The molecule has 0 spiro atoms. The first-order chi connectivity index (χ1) is 14.5. The molecule has 0 amide bonds. The second kappa shape index (κ2) is 8.98. The maximum absolute atomic E-state index is 10.6. The number of hydrogen-bond donors (Lipinski definition) is 3. The fourth-order valence-corrected chi connectivity index (χ4v) is 3.90. The van der Waals surface area contributed by atoms with Crippen molar-refractivity contribution in [1.82, 2.24) is 0 Å². The molecule has 0 bridgehead atoms. The number of hydrogen-bond acceptors (Lipinski definition) is 5. The van der Waals surface area contributed by atoms with E-state index in [1.54, 1.807) is 12.1 Å². The standard InChI is InChI=1S/C24H27ClO5/c1-2-29-18-8-5-14(6-9-18)11-17-13-16(7-10-19(17)25)24-23(28)22(27)21(26)20(30-24)12-15-3-4-15/h5-10,12-13,15,21-24,26-28H,2-4,11H2,1H3/b20-12-/t21-,22+,23-,24+/m1/s1. The zero-order valence-electron chi connectivity index (χ0n) is 16.9. The van der Waals surface area contributed by atoms with E-state index < -0.39 is 24.4 Å². The van der Waals surface area contributed by atoms with Gasteiger partial charge in [0.05, 0.1) is 6.61 Å². The van der Waals surface area contributed by atoms with E-state index in [-0.39, 0.29) is 0 Å². The van der Waals surface area contributed by atoms with Crippen LogP contribution in [0.4, 0.5) is 0 Å². The third kappa shape index (κ3) is 4.65. The number of aliphatic hydroxyl groups excluding tert-OH is 3. The van der Waals surface area contributed by atoms with Gasteiger partial charge in [0, 0.05) is 5.02 Å². The molecule has 2 fully saturated rings. The predicted octanol–water partition coefficient (Wildman–Crippen LogP) is 3.78. The van der Waals surface area contributed by atoms with Gasteiger partial charge in [-0.1, -0.05) is 35.9 Å². The minimum absolute atomic E-state index is 0.336. The van der Waals surface area contributed by atoms with Crippen molar-refractivity contribution in [2.45, 2.75) is 50.6 Å². The number of allylic oxidation sites excluding steroid dienone is 1. The first-order valence-corrected chi connectivity index (χ1v) is 10.8. The Morgan fingerprint density at radius 1 is 1.07 bits per heavy atom. The topological polar surface area (TPSA) is 79.2 Å². The highest BCUT2D eigenvalue weighted by Crippen LogP contribution is 2.39. The van der Waals surface area contributed by atoms with Gasteiger partial charge in [0.25, 0.3) is 0 Å². The molecule has 160 valence electrons. The molecule has 5 nitrogen and oxygen atoms in total. The summed E-state index contributed by atoms with van der Waals surface area (Å²) in [7, 11) is 0. The van der Waals surface area contributed by atoms with Crippen LogP contribution in [-0.4, -0.2) is 40.2 Å². The zero-order chi connectivity index (χ0) is 21.3. The van der Waals surface area contributed by atoms with Crippen molar-refractivity contribution in [1.29, 1.82) is 0 Å². The second-order valence-electron chi connectivity index (χ2n) is 7.98. The molecule has 1 saturated heterocycles. The lowest BCUT2D eigenvalue weighted by Gasteiger charge is -2.38. The lowest BCUT2D eigenvalue weighted by Crippen LogP contribution is -2.48. The van der Waals surface area contributed by atoms with E-state index in [1.165, 1.54) is 0 Å². The van der Waals surface area contributed by atoms with Crippen LogP contribution in [0, 0.1) is 5.92 Å². The van der Waals surface area contributed by atoms with Gasteiger partial charge in [-0.15, -0.1) is 0 Å². The minimum Gasteiger partial charge on any atom is -0.494 e. The second-order valence-corrected chi connectivity index (χ2v) is 8.38. The zero-order valence-corrected chi connectivity index (χ0v) is 17.6. The highest BCUT2D eigenvalue weighted by molar-refractivity contribution is 6.31. The molecule has 2 aliphatic rings. The summed E-state index contributed by atoms with van der Waals surface area (Å²) in [6.07, 6.45) is 0.0418. The van der Waals surface area contributed by atoms with E-state index >= 15 is 0 Å². The number of benzene rings is 2. The Kier molecular flexibility index (Phi) is 6.34. The summed E-state index contributed by atoms with van der Waals surface area (Å²) >= 11 is 6.43. The van der Waals surface area contributed by atoms with Gasteiger partial charge in [-0.2, -0.15) is 0 Å². The quantitative estimate of drug-likeness (QED) is 0.650. The monoisotopic (exact) mass is 430 g/mol. The number of halogens is 1. The fraction of sp³-hybridized carbons (Fsp3) is 0.417. The van der Waals surface area contributed by atoms with Crippen molar-refractivity contribution in [3.8, 4) is 5.75 Å². The van der Waals surface area contributed by atoms with Gasteiger partial charge in [-0.3, -0.25) is 0 Å². The molecule has 1 saturated carbocycles. The molecule has 1 aliphatic carbocycles. The molecule has 30 heavy (non-hydrogen) atoms. The Bertz CT molecular complexity index is 906. The van der Waals surface area contributed by atoms with Gasteiger partial charge in [0.2, 0.25) is 0 Å². The van der Waals surface area contributed by atoms with E-state index in [2.05, 4.69) is 0 Å². The maximum atomic E-state index is 10.6. The van der Waals surface area contributed by atoms with Crippen LogP contribution in [0.25, 0.3) is 0 Å². The normalized spacial score (nSPS) is 27.7. The van der Waals surface area contributed by atoms with Gasteiger partial charge >= 0.3 is 0 Å². The SMILES string of the molecule is CCOc1ccc(Cc2cc([C@@H]3O/C(=C\C4CC4)[C@@H](O)[C@H](O)[C@H]3O)ccc2Cl)cc1. The van der Waals surface area contributed by atoms with Crippen LogP contribution in [0.15, 0.2) is 54.3 Å². The molecule has 0 radical (unpaired) electrons. The van der Waals surface area contributed by atoms with Gasteiger partial charge in [-0.25, -0.2) is 0 Å². The molecule has 3 N–H and O–H groups in total. The van der Waals surface area contributed by atoms with Crippen LogP contribution in [0.5, 0.6) is 5.75 Å². The Balaban J connectivity index is 1.57. The van der Waals surface area contributed by atoms with E-state index in [4.69, 9.17) is 21.1 Å². The van der Waals surface area contributed by atoms with Crippen LogP contribution >= 0.6 is 11.6 Å². The van der Waals surface area contributed by atoms with Crippen molar-refractivity contribution in [3.05, 3.63) is 76.0 Å². The van der Waals surface area contributed by atoms with E-state index in [9.17, 15) is 15.3 Å². The molecule has 4 atom stereocenters. The van der Waals surface area contributed by atoms with Gasteiger partial charge < -0.3 is 24.8 Å². The number of rotatable bonds is 6. The summed E-state index contributed by atoms with van der Waals surface area (Å²) in [5.74, 6) is 1.53. The summed E-state index contributed by atoms with van der Waals surface area (Å²) in [6.45, 7) is 2.57. The Morgan fingerprint density at radius 2 is 1.80 bits per heavy atom. The average molecular weight is 431 g/mol. The third-order valence-electron chi connectivity index (χ3n) is 5.59. The summed E-state index contributed by atoms with van der Waals surface area (Å²) in [4.78, 5) is 0. The first kappa shape index (κ1) is 21.2.